The van der Waals surface area contributed by atoms with Crippen molar-refractivity contribution < 1.29 is 14.3 Å². The number of hydrogen-bond acceptors (Lipinski definition) is 4. The van der Waals surface area contributed by atoms with Crippen LogP contribution >= 0.6 is 0 Å². The first-order chi connectivity index (χ1) is 8.13. The third kappa shape index (κ3) is 2.44. The third-order valence-corrected chi connectivity index (χ3v) is 3.99. The molecule has 0 aromatic rings. The number of rotatable bonds is 0. The molecule has 2 aliphatic heterocycles. The largest absolute Gasteiger partial charge is 0.462 e. The van der Waals surface area contributed by atoms with Gasteiger partial charge in [0, 0.05) is 19.1 Å². The van der Waals surface area contributed by atoms with E-state index in [1.807, 2.05) is 0 Å². The monoisotopic (exact) mass is 240 g/mol. The number of carbonyl (C=O) groups excluding carboxylic acids is 2. The van der Waals surface area contributed by atoms with Gasteiger partial charge >= 0.3 is 11.9 Å². The van der Waals surface area contributed by atoms with Crippen LogP contribution in [-0.2, 0) is 14.3 Å². The van der Waals surface area contributed by atoms with Gasteiger partial charge in [-0.25, -0.2) is 4.79 Å². The Bertz CT molecular complexity index is 319. The number of piperidine rings is 2. The van der Waals surface area contributed by atoms with Crippen molar-refractivity contribution in [2.24, 2.45) is 5.92 Å². The van der Waals surface area contributed by atoms with E-state index >= 15 is 0 Å². The van der Waals surface area contributed by atoms with Crippen molar-refractivity contribution in [1.29, 1.82) is 0 Å². The van der Waals surface area contributed by atoms with Gasteiger partial charge in [-0.05, 0) is 38.8 Å². The van der Waals surface area contributed by atoms with Gasteiger partial charge in [0.2, 0.25) is 0 Å². The molecule has 0 aliphatic carbocycles. The van der Waals surface area contributed by atoms with Gasteiger partial charge in [0.15, 0.2) is 0 Å². The van der Waals surface area contributed by atoms with Gasteiger partial charge in [-0.1, -0.05) is 0 Å². The van der Waals surface area contributed by atoms with Crippen LogP contribution in [0.1, 0.15) is 19.3 Å². The Morgan fingerprint density at radius 1 is 1.24 bits per heavy atom. The molecule has 0 aromatic carbocycles. The van der Waals surface area contributed by atoms with E-state index < -0.39 is 11.9 Å². The number of likely N-dealkylation sites (tertiary alicyclic amines) is 2. The lowest BCUT2D eigenvalue weighted by Gasteiger charge is -2.45. The summed E-state index contributed by atoms with van der Waals surface area (Å²) in [5.41, 5.74) is 0. The molecule has 2 rings (SSSR count). The summed E-state index contributed by atoms with van der Waals surface area (Å²) in [6.07, 6.45) is 3.29. The van der Waals surface area contributed by atoms with Crippen molar-refractivity contribution in [2.45, 2.75) is 25.3 Å². The summed E-state index contributed by atoms with van der Waals surface area (Å²) < 4.78 is 4.48. The van der Waals surface area contributed by atoms with E-state index in [2.05, 4.69) is 16.7 Å². The van der Waals surface area contributed by atoms with Crippen LogP contribution in [0.15, 0.2) is 0 Å². The minimum atomic E-state index is -0.743. The number of amides is 1. The number of fused-ring (bicyclic) bond motifs is 1. The molecular weight excluding hydrogens is 220 g/mol. The summed E-state index contributed by atoms with van der Waals surface area (Å²) in [6.45, 7) is 2.51. The van der Waals surface area contributed by atoms with Crippen molar-refractivity contribution >= 4 is 11.9 Å². The fourth-order valence-corrected chi connectivity index (χ4v) is 3.05. The Kier molecular flexibility index (Phi) is 3.66. The van der Waals surface area contributed by atoms with Gasteiger partial charge in [0.05, 0.1) is 7.11 Å². The highest BCUT2D eigenvalue weighted by Gasteiger charge is 2.37. The van der Waals surface area contributed by atoms with Crippen LogP contribution in [0, 0.1) is 5.92 Å². The molecule has 2 saturated heterocycles. The Balaban J connectivity index is 1.98. The van der Waals surface area contributed by atoms with E-state index in [0.717, 1.165) is 19.4 Å². The van der Waals surface area contributed by atoms with Crippen LogP contribution < -0.4 is 0 Å². The van der Waals surface area contributed by atoms with Crippen LogP contribution in [0.25, 0.3) is 0 Å². The van der Waals surface area contributed by atoms with Crippen molar-refractivity contribution in [3.05, 3.63) is 0 Å². The molecule has 5 heteroatoms. The maximum absolute atomic E-state index is 11.7. The molecule has 5 nitrogen and oxygen atoms in total. The molecule has 1 amide bonds. The quantitative estimate of drug-likeness (QED) is 0.445. The average Bonchev–Trinajstić information content (AvgIpc) is 2.37. The first-order valence-corrected chi connectivity index (χ1v) is 6.21. The standard InChI is InChI=1S/C12H20N2O3/c1-13-6-3-4-9-8-14(7-5-10(9)13)11(15)12(16)17-2/h9-10H,3-8H2,1-2H3. The van der Waals surface area contributed by atoms with Crippen LogP contribution in [0.4, 0.5) is 0 Å². The predicted molar refractivity (Wildman–Crippen MR) is 62.4 cm³/mol. The highest BCUT2D eigenvalue weighted by atomic mass is 16.5. The zero-order chi connectivity index (χ0) is 12.4. The summed E-state index contributed by atoms with van der Waals surface area (Å²) in [4.78, 5) is 27.0. The summed E-state index contributed by atoms with van der Waals surface area (Å²) in [7, 11) is 3.40. The Labute approximate surface area is 102 Å². The molecule has 2 heterocycles. The average molecular weight is 240 g/mol. The third-order valence-electron chi connectivity index (χ3n) is 3.99. The van der Waals surface area contributed by atoms with Crippen LogP contribution in [0.5, 0.6) is 0 Å². The highest BCUT2D eigenvalue weighted by Crippen LogP contribution is 2.29. The number of methoxy groups -OCH3 is 1. The summed E-state index contributed by atoms with van der Waals surface area (Å²) in [5, 5.41) is 0. The topological polar surface area (TPSA) is 49.9 Å². The molecule has 0 N–H and O–H groups in total. The lowest BCUT2D eigenvalue weighted by Crippen LogP contribution is -2.55. The number of esters is 1. The number of hydrogen-bond donors (Lipinski definition) is 0. The van der Waals surface area contributed by atoms with Crippen molar-refractivity contribution in [1.82, 2.24) is 9.80 Å². The second kappa shape index (κ2) is 5.04. The molecule has 0 aromatic heterocycles. The lowest BCUT2D eigenvalue weighted by atomic mass is 9.84. The maximum Gasteiger partial charge on any atom is 0.396 e. The zero-order valence-corrected chi connectivity index (χ0v) is 10.5. The van der Waals surface area contributed by atoms with Crippen LogP contribution in [0.3, 0.4) is 0 Å². The van der Waals surface area contributed by atoms with E-state index in [-0.39, 0.29) is 0 Å². The maximum atomic E-state index is 11.7. The molecule has 0 bridgehead atoms. The molecule has 2 unspecified atom stereocenters. The molecule has 0 radical (unpaired) electrons. The minimum absolute atomic E-state index is 0.487. The van der Waals surface area contributed by atoms with E-state index in [0.29, 0.717) is 25.0 Å². The van der Waals surface area contributed by atoms with Gasteiger partial charge in [-0.3, -0.25) is 4.79 Å². The van der Waals surface area contributed by atoms with Gasteiger partial charge in [-0.15, -0.1) is 0 Å². The smallest absolute Gasteiger partial charge is 0.396 e. The number of ether oxygens (including phenoxy) is 1. The highest BCUT2D eigenvalue weighted by molar-refractivity contribution is 6.32. The second-order valence-corrected chi connectivity index (χ2v) is 4.98. The van der Waals surface area contributed by atoms with Crippen LogP contribution in [0.2, 0.25) is 0 Å². The molecule has 0 spiro atoms. The summed E-state index contributed by atoms with van der Waals surface area (Å²) in [5.74, 6) is -0.720. The number of nitrogens with zero attached hydrogens (tertiary/aromatic N) is 2. The van der Waals surface area contributed by atoms with Gasteiger partial charge in [-0.2, -0.15) is 0 Å². The molecule has 96 valence electrons. The first-order valence-electron chi connectivity index (χ1n) is 6.21. The summed E-state index contributed by atoms with van der Waals surface area (Å²) >= 11 is 0. The molecule has 2 fully saturated rings. The molecule has 2 aliphatic rings. The fraction of sp³-hybridized carbons (Fsp3) is 0.833. The minimum Gasteiger partial charge on any atom is -0.462 e. The Morgan fingerprint density at radius 2 is 2.00 bits per heavy atom. The number of carbonyl (C=O) groups is 2. The normalized spacial score (nSPS) is 29.6. The molecule has 17 heavy (non-hydrogen) atoms. The Hall–Kier alpha value is -1.10. The van der Waals surface area contributed by atoms with E-state index in [1.165, 1.54) is 13.5 Å². The zero-order valence-electron chi connectivity index (χ0n) is 10.5. The van der Waals surface area contributed by atoms with E-state index in [1.54, 1.807) is 4.90 Å². The predicted octanol–water partition coefficient (Wildman–Crippen LogP) is 0.102. The van der Waals surface area contributed by atoms with Crippen molar-refractivity contribution in [2.75, 3.05) is 33.8 Å². The van der Waals surface area contributed by atoms with Gasteiger partial charge < -0.3 is 14.5 Å². The van der Waals surface area contributed by atoms with Crippen molar-refractivity contribution in [3.8, 4) is 0 Å². The lowest BCUT2D eigenvalue weighted by molar-refractivity contribution is -0.159. The Morgan fingerprint density at radius 3 is 2.71 bits per heavy atom. The summed E-state index contributed by atoms with van der Waals surface area (Å²) in [6, 6.07) is 0.574. The van der Waals surface area contributed by atoms with Gasteiger partial charge in [0.1, 0.15) is 0 Å². The van der Waals surface area contributed by atoms with Crippen LogP contribution in [-0.4, -0.2) is 61.5 Å². The molecule has 0 saturated carbocycles. The van der Waals surface area contributed by atoms with E-state index in [9.17, 15) is 9.59 Å². The van der Waals surface area contributed by atoms with Crippen molar-refractivity contribution in [3.63, 3.8) is 0 Å². The SMILES string of the molecule is COC(=O)C(=O)N1CCC2C(CCCN2C)C1. The molecular formula is C12H20N2O3. The van der Waals surface area contributed by atoms with E-state index in [4.69, 9.17) is 0 Å². The first kappa shape index (κ1) is 12.4. The van der Waals surface area contributed by atoms with Gasteiger partial charge in [0.25, 0.3) is 0 Å². The fourth-order valence-electron chi connectivity index (χ4n) is 3.05. The molecule has 2 atom stereocenters. The second-order valence-electron chi connectivity index (χ2n) is 4.98.